The summed E-state index contributed by atoms with van der Waals surface area (Å²) in [6.45, 7) is 2.39. The maximum absolute atomic E-state index is 11.3. The smallest absolute Gasteiger partial charge is 0.335 e. The Labute approximate surface area is 202 Å². The summed E-state index contributed by atoms with van der Waals surface area (Å²) in [5, 5.41) is 13.3. The van der Waals surface area contributed by atoms with Crippen LogP contribution in [-0.2, 0) is 6.54 Å². The summed E-state index contributed by atoms with van der Waals surface area (Å²) in [4.78, 5) is 22.4. The molecule has 170 valence electrons. The third-order valence-corrected chi connectivity index (χ3v) is 6.27. The van der Waals surface area contributed by atoms with Crippen molar-refractivity contribution in [1.29, 1.82) is 0 Å². The number of aromatic nitrogens is 2. The van der Waals surface area contributed by atoms with Crippen LogP contribution in [0.1, 0.15) is 45.2 Å². The minimum atomic E-state index is -0.955. The average molecular weight is 471 g/mol. The predicted molar refractivity (Wildman–Crippen MR) is 131 cm³/mol. The maximum atomic E-state index is 11.3. The van der Waals surface area contributed by atoms with Crippen molar-refractivity contribution in [2.24, 2.45) is 0 Å². The van der Waals surface area contributed by atoms with Gasteiger partial charge in [0.2, 0.25) is 0 Å². The molecule has 0 bridgehead atoms. The highest BCUT2D eigenvalue weighted by molar-refractivity contribution is 7.80. The zero-order chi connectivity index (χ0) is 23.7. The summed E-state index contributed by atoms with van der Waals surface area (Å²) >= 11 is 5.72. The van der Waals surface area contributed by atoms with E-state index in [1.165, 1.54) is 0 Å². The van der Waals surface area contributed by atoms with Crippen molar-refractivity contribution in [2.45, 2.75) is 25.6 Å². The highest BCUT2D eigenvalue weighted by atomic mass is 32.1. The summed E-state index contributed by atoms with van der Waals surface area (Å²) in [5.74, 6) is 0.444. The van der Waals surface area contributed by atoms with E-state index in [-0.39, 0.29) is 17.6 Å². The fourth-order valence-electron chi connectivity index (χ4n) is 4.28. The van der Waals surface area contributed by atoms with E-state index in [9.17, 15) is 9.90 Å². The summed E-state index contributed by atoms with van der Waals surface area (Å²) in [6.07, 6.45) is 3.53. The van der Waals surface area contributed by atoms with Gasteiger partial charge < -0.3 is 19.7 Å². The highest BCUT2D eigenvalue weighted by Gasteiger charge is 2.41. The van der Waals surface area contributed by atoms with Gasteiger partial charge in [-0.25, -0.2) is 4.79 Å². The van der Waals surface area contributed by atoms with Gasteiger partial charge in [-0.2, -0.15) is 0 Å². The van der Waals surface area contributed by atoms with Crippen LogP contribution in [0, 0.1) is 6.92 Å². The first-order chi connectivity index (χ1) is 16.5. The van der Waals surface area contributed by atoms with Crippen molar-refractivity contribution in [2.75, 3.05) is 0 Å². The minimum absolute atomic E-state index is 0.202. The van der Waals surface area contributed by atoms with E-state index in [2.05, 4.69) is 20.2 Å². The summed E-state index contributed by atoms with van der Waals surface area (Å²) in [6, 6.07) is 20.0. The number of carbonyl (C=O) groups is 1. The highest BCUT2D eigenvalue weighted by Crippen LogP contribution is 2.41. The van der Waals surface area contributed by atoms with Gasteiger partial charge in [0.15, 0.2) is 5.11 Å². The van der Waals surface area contributed by atoms with E-state index in [1.54, 1.807) is 30.6 Å². The lowest BCUT2D eigenvalue weighted by molar-refractivity contribution is 0.0697. The van der Waals surface area contributed by atoms with Crippen LogP contribution in [0.25, 0.3) is 11.3 Å². The maximum Gasteiger partial charge on any atom is 0.335 e. The molecule has 0 radical (unpaired) electrons. The van der Waals surface area contributed by atoms with Crippen molar-refractivity contribution < 1.29 is 14.3 Å². The Balaban J connectivity index is 1.53. The molecule has 8 heteroatoms. The van der Waals surface area contributed by atoms with Gasteiger partial charge in [-0.1, -0.05) is 18.2 Å². The minimum Gasteiger partial charge on any atom is -0.478 e. The number of benzene rings is 1. The van der Waals surface area contributed by atoms with Gasteiger partial charge in [0.05, 0.1) is 29.5 Å². The summed E-state index contributed by atoms with van der Waals surface area (Å²) < 4.78 is 6.37. The Morgan fingerprint density at radius 2 is 1.88 bits per heavy atom. The number of carboxylic acids is 1. The number of thiocarbonyl (C=S) groups is 1. The molecule has 2 atom stereocenters. The molecule has 4 heterocycles. The molecule has 0 spiro atoms. The number of nitrogens with zero attached hydrogens (tertiary/aromatic N) is 3. The van der Waals surface area contributed by atoms with Gasteiger partial charge in [-0.05, 0) is 73.2 Å². The van der Waals surface area contributed by atoms with Gasteiger partial charge in [0.25, 0.3) is 0 Å². The predicted octanol–water partition coefficient (Wildman–Crippen LogP) is 4.92. The SMILES string of the molecule is Cc1cc(C(=O)O)ccc1-c1ccc(C2C(c3ccccn3)NC(=S)N2Cc2ccccn2)o1. The first-order valence-corrected chi connectivity index (χ1v) is 11.2. The molecule has 0 amide bonds. The molecule has 1 aromatic carbocycles. The number of furan rings is 1. The van der Waals surface area contributed by atoms with Crippen molar-refractivity contribution in [1.82, 2.24) is 20.2 Å². The first kappa shape index (κ1) is 21.8. The molecule has 1 saturated heterocycles. The fourth-order valence-corrected chi connectivity index (χ4v) is 4.59. The van der Waals surface area contributed by atoms with Crippen LogP contribution < -0.4 is 5.32 Å². The van der Waals surface area contributed by atoms with Gasteiger partial charge >= 0.3 is 5.97 Å². The molecule has 1 fully saturated rings. The van der Waals surface area contributed by atoms with Crippen molar-refractivity contribution in [3.8, 4) is 11.3 Å². The molecule has 2 N–H and O–H groups in total. The van der Waals surface area contributed by atoms with Gasteiger partial charge in [0.1, 0.15) is 17.6 Å². The molecule has 3 aromatic heterocycles. The van der Waals surface area contributed by atoms with Crippen LogP contribution in [0.5, 0.6) is 0 Å². The molecule has 1 aliphatic heterocycles. The van der Waals surface area contributed by atoms with Gasteiger partial charge in [0, 0.05) is 18.0 Å². The number of pyridine rings is 2. The molecule has 1 aliphatic rings. The van der Waals surface area contributed by atoms with Crippen molar-refractivity contribution >= 4 is 23.3 Å². The van der Waals surface area contributed by atoms with Crippen LogP contribution in [0.3, 0.4) is 0 Å². The largest absolute Gasteiger partial charge is 0.478 e. The van der Waals surface area contributed by atoms with Crippen LogP contribution in [0.15, 0.2) is 83.5 Å². The molecule has 0 aliphatic carbocycles. The van der Waals surface area contributed by atoms with Crippen LogP contribution in [0.4, 0.5) is 0 Å². The Bertz CT molecular complexity index is 1340. The lowest BCUT2D eigenvalue weighted by Gasteiger charge is -2.25. The monoisotopic (exact) mass is 470 g/mol. The van der Waals surface area contributed by atoms with Crippen LogP contribution >= 0.6 is 12.2 Å². The van der Waals surface area contributed by atoms with E-state index in [0.29, 0.717) is 17.4 Å². The number of hydrogen-bond donors (Lipinski definition) is 2. The molecule has 5 rings (SSSR count). The Morgan fingerprint density at radius 1 is 1.09 bits per heavy atom. The second-order valence-electron chi connectivity index (χ2n) is 8.11. The summed E-state index contributed by atoms with van der Waals surface area (Å²) in [5.41, 5.74) is 3.67. The number of rotatable bonds is 6. The molecular formula is C26H22N4O3S. The van der Waals surface area contributed by atoms with Crippen LogP contribution in [-0.4, -0.2) is 31.1 Å². The number of nitrogens with one attached hydrogen (secondary N) is 1. The molecule has 2 unspecified atom stereocenters. The Morgan fingerprint density at radius 3 is 2.56 bits per heavy atom. The third kappa shape index (κ3) is 4.15. The number of carboxylic acid groups (broad SMARTS) is 1. The lowest BCUT2D eigenvalue weighted by atomic mass is 10.0. The van der Waals surface area contributed by atoms with Crippen LogP contribution in [0.2, 0.25) is 0 Å². The number of hydrogen-bond acceptors (Lipinski definition) is 5. The van der Waals surface area contributed by atoms with Crippen molar-refractivity contribution in [3.05, 3.63) is 107 Å². The van der Waals surface area contributed by atoms with E-state index in [4.69, 9.17) is 16.6 Å². The standard InChI is InChI=1S/C26H22N4O3S/c1-16-14-17(25(31)32)8-9-19(16)21-10-11-22(33-21)24-23(20-7-3-5-13-28-20)29-26(34)30(24)15-18-6-2-4-12-27-18/h2-14,23-24H,15H2,1H3,(H,29,34)(H,31,32). The lowest BCUT2D eigenvalue weighted by Crippen LogP contribution is -2.29. The Hall–Kier alpha value is -4.04. The Kier molecular flexibility index (Phi) is 5.81. The molecule has 7 nitrogen and oxygen atoms in total. The van der Waals surface area contributed by atoms with Crippen molar-refractivity contribution in [3.63, 3.8) is 0 Å². The van der Waals surface area contributed by atoms with Gasteiger partial charge in [-0.3, -0.25) is 9.97 Å². The van der Waals surface area contributed by atoms with E-state index < -0.39 is 5.97 Å². The molecule has 34 heavy (non-hydrogen) atoms. The zero-order valence-corrected chi connectivity index (χ0v) is 19.2. The zero-order valence-electron chi connectivity index (χ0n) is 18.4. The van der Waals surface area contributed by atoms with E-state index in [0.717, 1.165) is 28.3 Å². The quantitative estimate of drug-likeness (QED) is 0.384. The average Bonchev–Trinajstić information content (AvgIpc) is 3.45. The summed E-state index contributed by atoms with van der Waals surface area (Å²) in [7, 11) is 0. The van der Waals surface area contributed by atoms with Gasteiger partial charge in [-0.15, -0.1) is 0 Å². The normalized spacial score (nSPS) is 17.6. The first-order valence-electron chi connectivity index (χ1n) is 10.8. The fraction of sp³-hybridized carbons (Fsp3) is 0.154. The topological polar surface area (TPSA) is 91.5 Å². The van der Waals surface area contributed by atoms with E-state index >= 15 is 0 Å². The molecular weight excluding hydrogens is 448 g/mol. The number of aromatic carboxylic acids is 1. The number of aryl methyl sites for hydroxylation is 1. The van der Waals surface area contributed by atoms with E-state index in [1.807, 2.05) is 55.5 Å². The molecule has 0 saturated carbocycles. The second kappa shape index (κ2) is 9.07. The third-order valence-electron chi connectivity index (χ3n) is 5.91. The molecule has 4 aromatic rings. The second-order valence-corrected chi connectivity index (χ2v) is 8.50.